The fourth-order valence-corrected chi connectivity index (χ4v) is 5.42. The highest BCUT2D eigenvalue weighted by atomic mass is 35.5. The van der Waals surface area contributed by atoms with Gasteiger partial charge in [0.05, 0.1) is 29.8 Å². The molecule has 3 aromatic carbocycles. The number of carbonyl (C=O) groups is 2. The molecule has 41 heavy (non-hydrogen) atoms. The molecule has 2 aliphatic rings. The van der Waals surface area contributed by atoms with Gasteiger partial charge in [0.25, 0.3) is 0 Å². The van der Waals surface area contributed by atoms with E-state index in [0.717, 1.165) is 11.1 Å². The third kappa shape index (κ3) is 5.86. The largest absolute Gasteiger partial charge is 0.493 e. The molecule has 3 amide bonds. The van der Waals surface area contributed by atoms with Crippen molar-refractivity contribution in [1.29, 1.82) is 5.26 Å². The molecule has 210 valence electrons. The number of rotatable bonds is 6. The van der Waals surface area contributed by atoms with Crippen molar-refractivity contribution < 1.29 is 14.3 Å². The summed E-state index contributed by atoms with van der Waals surface area (Å²) in [5, 5.41) is 13.7. The van der Waals surface area contributed by atoms with Crippen LogP contribution in [0.2, 0.25) is 10.0 Å². The average Bonchev–Trinajstić information content (AvgIpc) is 3.38. The Bertz CT molecular complexity index is 1520. The molecule has 0 spiro atoms. The number of halogens is 2. The van der Waals surface area contributed by atoms with Gasteiger partial charge in [0.2, 0.25) is 5.91 Å². The van der Waals surface area contributed by atoms with E-state index < -0.39 is 24.0 Å². The Labute approximate surface area is 248 Å². The Morgan fingerprint density at radius 1 is 1.07 bits per heavy atom. The van der Waals surface area contributed by atoms with Crippen LogP contribution in [0.25, 0.3) is 0 Å². The fourth-order valence-electron chi connectivity index (χ4n) is 5.17. The summed E-state index contributed by atoms with van der Waals surface area (Å²) in [5.74, 6) is 0.291. The van der Waals surface area contributed by atoms with Gasteiger partial charge >= 0.3 is 6.03 Å². The fraction of sp³-hybridized carbons (Fsp3) is 0.267. The SMILES string of the molecule is CCOc1cc(C#N)ccc1C1=N[C@@H](c2ccc(Cl)cc2)[C@@H](c2ccc(Cl)cc2)N1C(=O)N1CCNC(C(N)=O)C1. The molecule has 2 aliphatic heterocycles. The van der Waals surface area contributed by atoms with Gasteiger partial charge in [0, 0.05) is 29.7 Å². The van der Waals surface area contributed by atoms with Crippen molar-refractivity contribution in [2.75, 3.05) is 26.2 Å². The van der Waals surface area contributed by atoms with E-state index in [0.29, 0.717) is 52.5 Å². The maximum absolute atomic E-state index is 14.5. The first-order chi connectivity index (χ1) is 19.8. The molecule has 2 heterocycles. The van der Waals surface area contributed by atoms with E-state index in [2.05, 4.69) is 11.4 Å². The van der Waals surface area contributed by atoms with Crippen molar-refractivity contribution in [2.45, 2.75) is 25.0 Å². The molecule has 0 aliphatic carbocycles. The third-order valence-electron chi connectivity index (χ3n) is 7.14. The number of nitrogens with zero attached hydrogens (tertiary/aromatic N) is 4. The number of amides is 3. The number of urea groups is 1. The molecule has 11 heteroatoms. The van der Waals surface area contributed by atoms with E-state index >= 15 is 0 Å². The second-order valence-corrected chi connectivity index (χ2v) is 10.6. The molecule has 9 nitrogen and oxygen atoms in total. The highest BCUT2D eigenvalue weighted by Crippen LogP contribution is 2.45. The molecule has 1 fully saturated rings. The van der Waals surface area contributed by atoms with Crippen LogP contribution >= 0.6 is 23.2 Å². The lowest BCUT2D eigenvalue weighted by Gasteiger charge is -2.38. The van der Waals surface area contributed by atoms with Crippen LogP contribution in [0.3, 0.4) is 0 Å². The summed E-state index contributed by atoms with van der Waals surface area (Å²) in [6.07, 6.45) is 0. The molecule has 5 rings (SSSR count). The topological polar surface area (TPSA) is 124 Å². The number of piperazine rings is 1. The first-order valence-corrected chi connectivity index (χ1v) is 13.9. The van der Waals surface area contributed by atoms with Gasteiger partial charge in [-0.05, 0) is 60.5 Å². The number of nitrogens with one attached hydrogen (secondary N) is 1. The third-order valence-corrected chi connectivity index (χ3v) is 7.64. The van der Waals surface area contributed by atoms with E-state index in [1.54, 1.807) is 52.3 Å². The number of amidine groups is 1. The molecule has 0 saturated carbocycles. The minimum absolute atomic E-state index is 0.114. The van der Waals surface area contributed by atoms with Crippen LogP contribution in [0.15, 0.2) is 71.7 Å². The zero-order valence-corrected chi connectivity index (χ0v) is 23.8. The van der Waals surface area contributed by atoms with Gasteiger partial charge in [0.1, 0.15) is 23.7 Å². The number of nitriles is 1. The first kappa shape index (κ1) is 28.4. The highest BCUT2D eigenvalue weighted by molar-refractivity contribution is 6.30. The molecule has 1 unspecified atom stereocenters. The molecular formula is C30H28Cl2N6O3. The second kappa shape index (κ2) is 12.2. The Hall–Kier alpha value is -4.10. The Balaban J connectivity index is 1.69. The van der Waals surface area contributed by atoms with Crippen LogP contribution in [0, 0.1) is 11.3 Å². The summed E-state index contributed by atoms with van der Waals surface area (Å²) in [6.45, 7) is 3.09. The summed E-state index contributed by atoms with van der Waals surface area (Å²) in [4.78, 5) is 34.9. The number of ether oxygens (including phenoxy) is 1. The molecular weight excluding hydrogens is 563 g/mol. The standard InChI is InChI=1S/C30H28Cl2N6O3/c1-2-41-25-15-18(16-33)3-12-23(25)29-36-26(19-4-8-21(31)9-5-19)27(20-6-10-22(32)11-7-20)38(29)30(40)37-14-13-35-24(17-37)28(34)39/h3-12,15,24,26-27,35H,2,13-14,17H2,1H3,(H2,34,39)/t24?,26-,27+/m0/s1. The number of carbonyl (C=O) groups excluding carboxylic acids is 2. The monoisotopic (exact) mass is 590 g/mol. The predicted molar refractivity (Wildman–Crippen MR) is 157 cm³/mol. The number of hydrogen-bond acceptors (Lipinski definition) is 6. The van der Waals surface area contributed by atoms with Crippen molar-refractivity contribution in [1.82, 2.24) is 15.1 Å². The van der Waals surface area contributed by atoms with Gasteiger partial charge < -0.3 is 20.7 Å². The summed E-state index contributed by atoms with van der Waals surface area (Å²) < 4.78 is 5.94. The minimum atomic E-state index is -0.675. The molecule has 0 bridgehead atoms. The Morgan fingerprint density at radius 2 is 1.73 bits per heavy atom. The molecule has 0 radical (unpaired) electrons. The predicted octanol–water partition coefficient (Wildman–Crippen LogP) is 4.69. The summed E-state index contributed by atoms with van der Waals surface area (Å²) in [6, 6.07) is 19.8. The summed E-state index contributed by atoms with van der Waals surface area (Å²) >= 11 is 12.4. The lowest BCUT2D eigenvalue weighted by atomic mass is 9.93. The Kier molecular flexibility index (Phi) is 8.45. The van der Waals surface area contributed by atoms with E-state index in [1.807, 2.05) is 31.2 Å². The van der Waals surface area contributed by atoms with Gasteiger partial charge in [0.15, 0.2) is 0 Å². The number of aliphatic imine (C=N–C) groups is 1. The lowest BCUT2D eigenvalue weighted by molar-refractivity contribution is -0.120. The number of benzene rings is 3. The van der Waals surface area contributed by atoms with Crippen LogP contribution in [0.4, 0.5) is 4.79 Å². The molecule has 1 saturated heterocycles. The zero-order chi connectivity index (χ0) is 29.1. The normalized spacial score (nSPS) is 20.3. The number of primary amides is 1. The number of nitrogens with two attached hydrogens (primary N) is 1. The van der Waals surface area contributed by atoms with Crippen molar-refractivity contribution in [3.8, 4) is 11.8 Å². The van der Waals surface area contributed by atoms with Gasteiger partial charge in [-0.15, -0.1) is 0 Å². The molecule has 3 N–H and O–H groups in total. The number of hydrogen-bond donors (Lipinski definition) is 2. The first-order valence-electron chi connectivity index (χ1n) is 13.2. The highest BCUT2D eigenvalue weighted by Gasteiger charge is 2.45. The van der Waals surface area contributed by atoms with Crippen LogP contribution in [0.1, 0.15) is 41.3 Å². The van der Waals surface area contributed by atoms with Gasteiger partial charge in [-0.3, -0.25) is 14.7 Å². The second-order valence-electron chi connectivity index (χ2n) is 9.71. The van der Waals surface area contributed by atoms with Gasteiger partial charge in [-0.1, -0.05) is 47.5 Å². The van der Waals surface area contributed by atoms with Crippen molar-refractivity contribution in [3.05, 3.63) is 99.0 Å². The minimum Gasteiger partial charge on any atom is -0.493 e. The molecule has 0 aromatic heterocycles. The average molecular weight is 591 g/mol. The molecule has 3 aromatic rings. The van der Waals surface area contributed by atoms with Crippen molar-refractivity contribution in [3.63, 3.8) is 0 Å². The maximum Gasteiger partial charge on any atom is 0.326 e. The van der Waals surface area contributed by atoms with E-state index in [1.165, 1.54) is 0 Å². The van der Waals surface area contributed by atoms with E-state index in [4.69, 9.17) is 38.7 Å². The maximum atomic E-state index is 14.5. The Morgan fingerprint density at radius 3 is 2.34 bits per heavy atom. The van der Waals surface area contributed by atoms with Crippen molar-refractivity contribution >= 4 is 41.0 Å². The van der Waals surface area contributed by atoms with Gasteiger partial charge in [-0.2, -0.15) is 5.26 Å². The van der Waals surface area contributed by atoms with Gasteiger partial charge in [-0.25, -0.2) is 4.79 Å². The van der Waals surface area contributed by atoms with E-state index in [9.17, 15) is 14.9 Å². The summed E-state index contributed by atoms with van der Waals surface area (Å²) in [7, 11) is 0. The van der Waals surface area contributed by atoms with Crippen LogP contribution in [-0.2, 0) is 4.79 Å². The van der Waals surface area contributed by atoms with Crippen LogP contribution in [0.5, 0.6) is 5.75 Å². The zero-order valence-electron chi connectivity index (χ0n) is 22.3. The van der Waals surface area contributed by atoms with E-state index in [-0.39, 0.29) is 12.6 Å². The van der Waals surface area contributed by atoms with Crippen LogP contribution < -0.4 is 15.8 Å². The van der Waals surface area contributed by atoms with Crippen molar-refractivity contribution in [2.24, 2.45) is 10.7 Å². The quantitative estimate of drug-likeness (QED) is 0.431. The smallest absolute Gasteiger partial charge is 0.326 e. The lowest BCUT2D eigenvalue weighted by Crippen LogP contribution is -2.60. The summed E-state index contributed by atoms with van der Waals surface area (Å²) in [5.41, 5.74) is 8.23. The van der Waals surface area contributed by atoms with Crippen LogP contribution in [-0.4, -0.2) is 59.9 Å². The molecule has 3 atom stereocenters.